The Morgan fingerprint density at radius 2 is 1.27 bits per heavy atom. The molecule has 254 valence electrons. The number of hydrogen-bond acceptors (Lipinski definition) is 11. The molecule has 0 aliphatic carbocycles. The molecule has 45 heavy (non-hydrogen) atoms. The summed E-state index contributed by atoms with van der Waals surface area (Å²) in [5, 5.41) is 39.2. The second-order valence-electron chi connectivity index (χ2n) is 9.31. The second-order valence-corrected chi connectivity index (χ2v) is 10.2. The first-order valence-corrected chi connectivity index (χ1v) is 14.7. The molecule has 1 aromatic heterocycles. The van der Waals surface area contributed by atoms with Gasteiger partial charge in [-0.25, -0.2) is 0 Å². The Kier molecular flexibility index (Phi) is 22.1. The van der Waals surface area contributed by atoms with Gasteiger partial charge in [-0.05, 0) is 24.3 Å². The van der Waals surface area contributed by atoms with Crippen molar-refractivity contribution in [2.75, 3.05) is 26.1 Å². The monoisotopic (exact) mass is 659 g/mol. The number of aryl methyl sites for hydroxylation is 1. The van der Waals surface area contributed by atoms with Gasteiger partial charge in [-0.3, -0.25) is 28.8 Å². The summed E-state index contributed by atoms with van der Waals surface area (Å²) < 4.78 is 1.99. The van der Waals surface area contributed by atoms with Gasteiger partial charge in [-0.1, -0.05) is 18.2 Å². The zero-order chi connectivity index (χ0) is 35.3. The minimum absolute atomic E-state index is 0.157. The number of fused-ring (bicyclic) bond motifs is 1. The average molecular weight is 660 g/mol. The van der Waals surface area contributed by atoms with Gasteiger partial charge in [0.25, 0.3) is 0 Å². The molecule has 0 radical (unpaired) electrons. The summed E-state index contributed by atoms with van der Waals surface area (Å²) in [6, 6.07) is 4.31. The minimum atomic E-state index is -1.16. The second kappa shape index (κ2) is 23.2. The summed E-state index contributed by atoms with van der Waals surface area (Å²) in [6.07, 6.45) is 4.28. The van der Waals surface area contributed by atoms with Crippen molar-refractivity contribution in [3.05, 3.63) is 36.0 Å². The number of carbonyl (C=O) groups excluding carboxylic acids is 2. The molecule has 0 aliphatic rings. The van der Waals surface area contributed by atoms with Crippen LogP contribution >= 0.6 is 11.8 Å². The van der Waals surface area contributed by atoms with Crippen molar-refractivity contribution in [2.45, 2.75) is 49.9 Å². The van der Waals surface area contributed by atoms with Gasteiger partial charge in [0.2, 0.25) is 11.8 Å². The van der Waals surface area contributed by atoms with Gasteiger partial charge >= 0.3 is 23.9 Å². The zero-order valence-electron chi connectivity index (χ0n) is 25.6. The number of para-hydroxylation sites is 1. The Hall–Kier alpha value is -4.23. The van der Waals surface area contributed by atoms with E-state index in [2.05, 4.69) is 10.6 Å². The zero-order valence-corrected chi connectivity index (χ0v) is 26.5. The summed E-state index contributed by atoms with van der Waals surface area (Å²) in [6.45, 7) is 0. The van der Waals surface area contributed by atoms with E-state index in [0.717, 1.165) is 16.5 Å². The van der Waals surface area contributed by atoms with E-state index in [-0.39, 0.29) is 31.1 Å². The number of nitrogens with two attached hydrogens (primary N) is 4. The highest BCUT2D eigenvalue weighted by Crippen LogP contribution is 2.21. The van der Waals surface area contributed by atoms with Gasteiger partial charge < -0.3 is 58.6 Å². The predicted octanol–water partition coefficient (Wildman–Crippen LogP) is -1.65. The Labute approximate surface area is 264 Å². The number of thioether (sulfide) groups is 1. The van der Waals surface area contributed by atoms with Crippen LogP contribution in [0.4, 0.5) is 0 Å². The maximum atomic E-state index is 10.7. The van der Waals surface area contributed by atoms with Crippen LogP contribution in [0.2, 0.25) is 0 Å². The molecule has 2 aromatic rings. The smallest absolute Gasteiger partial charge is 0.321 e. The maximum absolute atomic E-state index is 10.7. The average Bonchev–Trinajstić information content (AvgIpc) is 3.31. The molecule has 2 amide bonds. The lowest BCUT2D eigenvalue weighted by Gasteiger charge is -2.04. The third-order valence-corrected chi connectivity index (χ3v) is 6.37. The van der Waals surface area contributed by atoms with Gasteiger partial charge in [0.05, 0.1) is 6.42 Å². The largest absolute Gasteiger partial charge is 0.480 e. The topological polar surface area (TPSA) is 316 Å². The maximum Gasteiger partial charge on any atom is 0.321 e. The fourth-order valence-corrected chi connectivity index (χ4v) is 3.59. The number of amides is 2. The number of carboxylic acid groups (broad SMARTS) is 4. The van der Waals surface area contributed by atoms with Crippen LogP contribution in [-0.2, 0) is 42.2 Å². The van der Waals surface area contributed by atoms with Crippen molar-refractivity contribution < 1.29 is 49.2 Å². The molecule has 0 fully saturated rings. The van der Waals surface area contributed by atoms with Crippen molar-refractivity contribution >= 4 is 58.4 Å². The molecule has 2 rings (SSSR count). The lowest BCUT2D eigenvalue weighted by Crippen LogP contribution is -2.35. The first-order chi connectivity index (χ1) is 20.9. The molecule has 0 saturated heterocycles. The molecule has 14 N–H and O–H groups in total. The van der Waals surface area contributed by atoms with Crippen LogP contribution in [-0.4, -0.2) is 111 Å². The normalized spacial score (nSPS) is 12.6. The summed E-state index contributed by atoms with van der Waals surface area (Å²) in [5.41, 5.74) is 22.9. The fraction of sp³-hybridized carbons (Fsp3) is 0.481. The number of nitrogens with zero attached hydrogens (tertiary/aromatic N) is 1. The van der Waals surface area contributed by atoms with E-state index in [1.165, 1.54) is 25.9 Å². The number of benzene rings is 1. The highest BCUT2D eigenvalue weighted by Gasteiger charge is 2.16. The predicted molar refractivity (Wildman–Crippen MR) is 169 cm³/mol. The number of hydrogen-bond donors (Lipinski definition) is 10. The Bertz CT molecular complexity index is 1260. The minimum Gasteiger partial charge on any atom is -0.480 e. The van der Waals surface area contributed by atoms with E-state index in [1.807, 2.05) is 48.3 Å². The number of carbonyl (C=O) groups is 6. The molecule has 17 nitrogen and oxygen atoms in total. The SMILES string of the molecule is CNC(=O)CC[C@H](N)C(=O)O.CNC(=O)C[C@H](N)C(=O)O.CSC[C@H](N)C(=O)O.Cn1cc(C[C@H](N)C(=O)O)c2ccccc21. The van der Waals surface area contributed by atoms with E-state index in [4.69, 9.17) is 43.4 Å². The van der Waals surface area contributed by atoms with Crippen molar-refractivity contribution in [2.24, 2.45) is 30.0 Å². The third-order valence-electron chi connectivity index (χ3n) is 5.68. The lowest BCUT2D eigenvalue weighted by molar-refractivity contribution is -0.140. The molecule has 1 heterocycles. The van der Waals surface area contributed by atoms with Crippen LogP contribution in [0.3, 0.4) is 0 Å². The summed E-state index contributed by atoms with van der Waals surface area (Å²) in [7, 11) is 4.86. The fourth-order valence-electron chi connectivity index (χ4n) is 3.09. The standard InChI is InChI=1S/C12H14N2O2.C6H12N2O3.C5H10N2O3.C4H9NO2S/c1-14-7-8(6-10(13)12(15)16)9-4-2-3-5-11(9)14;1-8-5(9)3-2-4(7)6(10)11;1-7-4(8)2-3(6)5(9)10;1-8-2-3(5)4(6)7/h2-5,7,10H,6,13H2,1H3,(H,15,16);4H,2-3,7H2,1H3,(H,8,9)(H,10,11);3H,2,6H2,1H3,(H,7,8)(H,9,10);3H,2,5H2,1H3,(H,6,7)/t10-;4-;2*3-/m0000/s1. The van der Waals surface area contributed by atoms with E-state index >= 15 is 0 Å². The van der Waals surface area contributed by atoms with Crippen molar-refractivity contribution in [1.29, 1.82) is 0 Å². The van der Waals surface area contributed by atoms with E-state index in [9.17, 15) is 28.8 Å². The third kappa shape index (κ3) is 18.9. The number of nitrogens with one attached hydrogen (secondary N) is 2. The van der Waals surface area contributed by atoms with E-state index < -0.39 is 48.0 Å². The Morgan fingerprint density at radius 1 is 0.778 bits per heavy atom. The van der Waals surface area contributed by atoms with Crippen LogP contribution in [0, 0.1) is 0 Å². The molecule has 0 saturated carbocycles. The molecule has 0 unspecified atom stereocenters. The lowest BCUT2D eigenvalue weighted by atomic mass is 10.1. The summed E-state index contributed by atoms with van der Waals surface area (Å²) in [4.78, 5) is 61.9. The van der Waals surface area contributed by atoms with Crippen molar-refractivity contribution in [1.82, 2.24) is 15.2 Å². The Morgan fingerprint density at radius 3 is 1.69 bits per heavy atom. The highest BCUT2D eigenvalue weighted by atomic mass is 32.2. The molecular formula is C27H45N7O10S. The highest BCUT2D eigenvalue weighted by molar-refractivity contribution is 7.98. The number of carboxylic acids is 4. The molecule has 0 spiro atoms. The van der Waals surface area contributed by atoms with Gasteiger partial charge in [-0.2, -0.15) is 11.8 Å². The molecule has 18 heteroatoms. The van der Waals surface area contributed by atoms with Gasteiger partial charge in [0.15, 0.2) is 0 Å². The van der Waals surface area contributed by atoms with Crippen LogP contribution in [0.25, 0.3) is 10.9 Å². The summed E-state index contributed by atoms with van der Waals surface area (Å²) in [5.74, 6) is -4.21. The molecule has 0 bridgehead atoms. The molecule has 4 atom stereocenters. The Balaban J connectivity index is 0. The first kappa shape index (κ1) is 42.9. The van der Waals surface area contributed by atoms with Crippen LogP contribution in [0.1, 0.15) is 24.8 Å². The number of rotatable bonds is 13. The van der Waals surface area contributed by atoms with Crippen molar-refractivity contribution in [3.63, 3.8) is 0 Å². The first-order valence-electron chi connectivity index (χ1n) is 13.3. The van der Waals surface area contributed by atoms with Gasteiger partial charge in [0.1, 0.15) is 24.2 Å². The van der Waals surface area contributed by atoms with Gasteiger partial charge in [0, 0.05) is 56.8 Å². The van der Waals surface area contributed by atoms with E-state index in [0.29, 0.717) is 12.2 Å². The van der Waals surface area contributed by atoms with Crippen LogP contribution < -0.4 is 33.6 Å². The van der Waals surface area contributed by atoms with Crippen LogP contribution in [0.5, 0.6) is 0 Å². The quantitative estimate of drug-likeness (QED) is 0.115. The number of aliphatic carboxylic acids is 4. The molecule has 0 aliphatic heterocycles. The summed E-state index contributed by atoms with van der Waals surface area (Å²) >= 11 is 1.43. The van der Waals surface area contributed by atoms with Crippen molar-refractivity contribution in [3.8, 4) is 0 Å². The van der Waals surface area contributed by atoms with Crippen LogP contribution in [0.15, 0.2) is 30.5 Å². The molecule has 1 aromatic carbocycles. The number of aromatic nitrogens is 1. The van der Waals surface area contributed by atoms with E-state index in [1.54, 1.807) is 0 Å². The van der Waals surface area contributed by atoms with Gasteiger partial charge in [-0.15, -0.1) is 0 Å². The molecular weight excluding hydrogens is 614 g/mol.